The molecule has 2 rings (SSSR count). The summed E-state index contributed by atoms with van der Waals surface area (Å²) < 4.78 is 24.4. The number of rotatable bonds is 5. The molecule has 1 N–H and O–H groups in total. The predicted molar refractivity (Wildman–Crippen MR) is 82.3 cm³/mol. The number of halogens is 2. The van der Waals surface area contributed by atoms with Gasteiger partial charge in [0.25, 0.3) is 0 Å². The van der Waals surface area contributed by atoms with Gasteiger partial charge in [-0.25, -0.2) is 4.39 Å². The van der Waals surface area contributed by atoms with Gasteiger partial charge in [0, 0.05) is 16.5 Å². The third kappa shape index (κ3) is 3.95. The highest BCUT2D eigenvalue weighted by Crippen LogP contribution is 2.31. The van der Waals surface area contributed by atoms with E-state index in [1.165, 1.54) is 19.2 Å². The van der Waals surface area contributed by atoms with E-state index in [2.05, 4.69) is 15.9 Å². The normalized spacial score (nSPS) is 12.0. The first-order valence-corrected chi connectivity index (χ1v) is 7.17. The Hall–Kier alpha value is -1.59. The molecular formula is C16H16BrFO3. The summed E-state index contributed by atoms with van der Waals surface area (Å²) in [5.74, 6) is 0.855. The van der Waals surface area contributed by atoms with Crippen LogP contribution >= 0.6 is 15.9 Å². The van der Waals surface area contributed by atoms with Crippen molar-refractivity contribution in [2.24, 2.45) is 0 Å². The lowest BCUT2D eigenvalue weighted by Crippen LogP contribution is -2.05. The zero-order valence-electron chi connectivity index (χ0n) is 11.8. The van der Waals surface area contributed by atoms with Gasteiger partial charge in [-0.1, -0.05) is 15.9 Å². The topological polar surface area (TPSA) is 38.7 Å². The Labute approximate surface area is 131 Å². The average Bonchev–Trinajstić information content (AvgIpc) is 2.45. The van der Waals surface area contributed by atoms with Crippen molar-refractivity contribution in [2.45, 2.75) is 12.5 Å². The largest absolute Gasteiger partial charge is 0.497 e. The Bertz CT molecular complexity index is 611. The molecule has 0 aliphatic rings. The zero-order valence-corrected chi connectivity index (χ0v) is 13.4. The first-order valence-electron chi connectivity index (χ1n) is 6.38. The van der Waals surface area contributed by atoms with Crippen molar-refractivity contribution >= 4 is 15.9 Å². The van der Waals surface area contributed by atoms with Gasteiger partial charge in [0.05, 0.1) is 20.3 Å². The van der Waals surface area contributed by atoms with Crippen LogP contribution in [0.5, 0.6) is 11.5 Å². The minimum Gasteiger partial charge on any atom is -0.497 e. The molecule has 2 aromatic carbocycles. The molecule has 1 unspecified atom stereocenters. The molecule has 1 atom stereocenters. The van der Waals surface area contributed by atoms with Crippen molar-refractivity contribution in [3.05, 3.63) is 57.8 Å². The molecule has 0 amide bonds. The second-order valence-corrected chi connectivity index (χ2v) is 5.52. The fourth-order valence-corrected chi connectivity index (χ4v) is 2.67. The fraction of sp³-hybridized carbons (Fsp3) is 0.250. The minimum absolute atomic E-state index is 0.278. The second-order valence-electron chi connectivity index (χ2n) is 4.61. The van der Waals surface area contributed by atoms with Crippen LogP contribution in [0.15, 0.2) is 40.9 Å². The molecular weight excluding hydrogens is 339 g/mol. The van der Waals surface area contributed by atoms with Gasteiger partial charge in [-0.3, -0.25) is 0 Å². The molecule has 0 aliphatic heterocycles. The monoisotopic (exact) mass is 354 g/mol. The van der Waals surface area contributed by atoms with Crippen molar-refractivity contribution in [1.29, 1.82) is 0 Å². The first-order chi connectivity index (χ1) is 10.0. The Balaban J connectivity index is 2.28. The SMILES string of the molecule is COc1ccc(OC)c(C(O)Cc2cc(F)cc(Br)c2)c1. The van der Waals surface area contributed by atoms with E-state index in [0.29, 0.717) is 27.1 Å². The van der Waals surface area contributed by atoms with Crippen LogP contribution in [0, 0.1) is 5.82 Å². The minimum atomic E-state index is -0.816. The maximum atomic E-state index is 13.4. The molecule has 3 nitrogen and oxygen atoms in total. The van der Waals surface area contributed by atoms with Crippen LogP contribution in [0.3, 0.4) is 0 Å². The van der Waals surface area contributed by atoms with Gasteiger partial charge in [0.15, 0.2) is 0 Å². The van der Waals surface area contributed by atoms with E-state index in [-0.39, 0.29) is 12.2 Å². The highest BCUT2D eigenvalue weighted by Gasteiger charge is 2.16. The van der Waals surface area contributed by atoms with Gasteiger partial charge < -0.3 is 14.6 Å². The number of benzene rings is 2. The summed E-state index contributed by atoms with van der Waals surface area (Å²) in [6.07, 6.45) is -0.538. The Morgan fingerprint density at radius 3 is 2.52 bits per heavy atom. The number of ether oxygens (including phenoxy) is 2. The molecule has 0 bridgehead atoms. The fourth-order valence-electron chi connectivity index (χ4n) is 2.16. The molecule has 0 heterocycles. The number of methoxy groups -OCH3 is 2. The maximum absolute atomic E-state index is 13.4. The molecule has 21 heavy (non-hydrogen) atoms. The molecule has 0 aliphatic carbocycles. The lowest BCUT2D eigenvalue weighted by molar-refractivity contribution is 0.173. The van der Waals surface area contributed by atoms with Gasteiger partial charge in [0.2, 0.25) is 0 Å². The van der Waals surface area contributed by atoms with E-state index >= 15 is 0 Å². The molecule has 112 valence electrons. The number of hydrogen-bond donors (Lipinski definition) is 1. The standard InChI is InChI=1S/C16H16BrFO3/c1-20-13-3-4-16(21-2)14(9-13)15(19)7-10-5-11(17)8-12(18)6-10/h3-6,8-9,15,19H,7H2,1-2H3. The van der Waals surface area contributed by atoms with Crippen LogP contribution in [0.4, 0.5) is 4.39 Å². The third-order valence-corrected chi connectivity index (χ3v) is 3.61. The van der Waals surface area contributed by atoms with Gasteiger partial charge in [-0.2, -0.15) is 0 Å². The first kappa shape index (κ1) is 15.8. The molecule has 5 heteroatoms. The summed E-state index contributed by atoms with van der Waals surface area (Å²) in [6.45, 7) is 0. The van der Waals surface area contributed by atoms with Gasteiger partial charge >= 0.3 is 0 Å². The highest BCUT2D eigenvalue weighted by molar-refractivity contribution is 9.10. The summed E-state index contributed by atoms with van der Waals surface area (Å²) in [7, 11) is 3.10. The lowest BCUT2D eigenvalue weighted by atomic mass is 10.0. The molecule has 0 aromatic heterocycles. The summed E-state index contributed by atoms with van der Waals surface area (Å²) in [4.78, 5) is 0. The number of hydrogen-bond acceptors (Lipinski definition) is 3. The lowest BCUT2D eigenvalue weighted by Gasteiger charge is -2.16. The van der Waals surface area contributed by atoms with E-state index in [9.17, 15) is 9.50 Å². The van der Waals surface area contributed by atoms with Gasteiger partial charge in [-0.05, 0) is 42.0 Å². The van der Waals surface area contributed by atoms with Crippen molar-refractivity contribution < 1.29 is 19.0 Å². The summed E-state index contributed by atoms with van der Waals surface area (Å²) in [5, 5.41) is 10.4. The van der Waals surface area contributed by atoms with Crippen molar-refractivity contribution in [3.8, 4) is 11.5 Å². The van der Waals surface area contributed by atoms with Gasteiger partial charge in [0.1, 0.15) is 17.3 Å². The molecule has 0 saturated carbocycles. The quantitative estimate of drug-likeness (QED) is 0.885. The zero-order chi connectivity index (χ0) is 15.4. The van der Waals surface area contributed by atoms with Crippen molar-refractivity contribution in [3.63, 3.8) is 0 Å². The van der Waals surface area contributed by atoms with Crippen LogP contribution in [0.25, 0.3) is 0 Å². The van der Waals surface area contributed by atoms with E-state index in [4.69, 9.17) is 9.47 Å². The average molecular weight is 355 g/mol. The van der Waals surface area contributed by atoms with Crippen LogP contribution in [0.1, 0.15) is 17.2 Å². The highest BCUT2D eigenvalue weighted by atomic mass is 79.9. The Morgan fingerprint density at radius 2 is 1.90 bits per heavy atom. The molecule has 0 radical (unpaired) electrons. The Kier molecular flexibility index (Phi) is 5.20. The van der Waals surface area contributed by atoms with Crippen LogP contribution in [-0.4, -0.2) is 19.3 Å². The maximum Gasteiger partial charge on any atom is 0.124 e. The predicted octanol–water partition coefficient (Wildman–Crippen LogP) is 3.88. The van der Waals surface area contributed by atoms with Crippen LogP contribution < -0.4 is 9.47 Å². The van der Waals surface area contributed by atoms with E-state index in [1.54, 1.807) is 31.4 Å². The van der Waals surface area contributed by atoms with Gasteiger partial charge in [-0.15, -0.1) is 0 Å². The summed E-state index contributed by atoms with van der Waals surface area (Å²) in [6, 6.07) is 9.77. The van der Waals surface area contributed by atoms with Crippen LogP contribution in [-0.2, 0) is 6.42 Å². The van der Waals surface area contributed by atoms with E-state index < -0.39 is 6.10 Å². The van der Waals surface area contributed by atoms with E-state index in [0.717, 1.165) is 0 Å². The van der Waals surface area contributed by atoms with Crippen LogP contribution in [0.2, 0.25) is 0 Å². The summed E-state index contributed by atoms with van der Waals surface area (Å²) in [5.41, 5.74) is 1.30. The third-order valence-electron chi connectivity index (χ3n) is 3.15. The summed E-state index contributed by atoms with van der Waals surface area (Å²) >= 11 is 3.24. The molecule has 0 fully saturated rings. The van der Waals surface area contributed by atoms with E-state index in [1.807, 2.05) is 0 Å². The number of aliphatic hydroxyl groups is 1. The second kappa shape index (κ2) is 6.91. The Morgan fingerprint density at radius 1 is 1.14 bits per heavy atom. The van der Waals surface area contributed by atoms with Crippen molar-refractivity contribution in [1.82, 2.24) is 0 Å². The molecule has 0 spiro atoms. The smallest absolute Gasteiger partial charge is 0.124 e. The molecule has 2 aromatic rings. The van der Waals surface area contributed by atoms with Crippen molar-refractivity contribution in [2.75, 3.05) is 14.2 Å². The molecule has 0 saturated heterocycles. The number of aliphatic hydroxyl groups excluding tert-OH is 1.